The third-order valence-corrected chi connectivity index (χ3v) is 3.00. The van der Waals surface area contributed by atoms with Crippen molar-refractivity contribution >= 4 is 17.9 Å². The summed E-state index contributed by atoms with van der Waals surface area (Å²) in [5.74, 6) is -3.35. The summed E-state index contributed by atoms with van der Waals surface area (Å²) < 4.78 is 4.82. The van der Waals surface area contributed by atoms with Gasteiger partial charge in [-0.25, -0.2) is 14.4 Å². The van der Waals surface area contributed by atoms with Crippen LogP contribution in [-0.2, 0) is 22.4 Å². The molecule has 0 heterocycles. The van der Waals surface area contributed by atoms with Gasteiger partial charge in [0, 0.05) is 19.1 Å². The van der Waals surface area contributed by atoms with Crippen molar-refractivity contribution in [2.24, 2.45) is 0 Å². The molecular formula is C15H16O7. The highest BCUT2D eigenvalue weighted by atomic mass is 16.5. The Morgan fingerprint density at radius 3 is 2.32 bits per heavy atom. The van der Waals surface area contributed by atoms with Crippen molar-refractivity contribution in [1.82, 2.24) is 0 Å². The molecule has 0 fully saturated rings. The Bertz CT molecular complexity index is 604. The standard InChI is InChI=1S/C15H16O7/c1-2-12(17)22-8-6-9-3-4-11(14(18)19)13(15(20)21)10(9)5-7-16/h2-4,16H,1,5-8H2,(H,18,19)(H,20,21). The van der Waals surface area contributed by atoms with Gasteiger partial charge in [0.15, 0.2) is 0 Å². The fourth-order valence-electron chi connectivity index (χ4n) is 2.07. The zero-order valence-electron chi connectivity index (χ0n) is 11.7. The van der Waals surface area contributed by atoms with Crippen molar-refractivity contribution in [2.45, 2.75) is 12.8 Å². The van der Waals surface area contributed by atoms with Gasteiger partial charge in [0.05, 0.1) is 17.7 Å². The lowest BCUT2D eigenvalue weighted by molar-refractivity contribution is -0.137. The van der Waals surface area contributed by atoms with Gasteiger partial charge in [-0.15, -0.1) is 0 Å². The number of aliphatic hydroxyl groups is 1. The number of aliphatic hydroxyl groups excluding tert-OH is 1. The van der Waals surface area contributed by atoms with Gasteiger partial charge in [-0.3, -0.25) is 0 Å². The van der Waals surface area contributed by atoms with Crippen molar-refractivity contribution in [2.75, 3.05) is 13.2 Å². The molecule has 0 spiro atoms. The maximum atomic E-state index is 11.4. The zero-order chi connectivity index (χ0) is 16.7. The van der Waals surface area contributed by atoms with Gasteiger partial charge in [-0.1, -0.05) is 12.6 Å². The molecule has 0 bridgehead atoms. The van der Waals surface area contributed by atoms with Crippen LogP contribution in [-0.4, -0.2) is 46.4 Å². The van der Waals surface area contributed by atoms with Crippen LogP contribution >= 0.6 is 0 Å². The highest BCUT2D eigenvalue weighted by molar-refractivity contribution is 6.03. The van der Waals surface area contributed by atoms with E-state index in [0.29, 0.717) is 5.56 Å². The average Bonchev–Trinajstić information content (AvgIpc) is 2.47. The predicted octanol–water partition coefficient (Wildman–Crippen LogP) is 0.890. The molecule has 0 aliphatic heterocycles. The largest absolute Gasteiger partial charge is 0.478 e. The second-order valence-corrected chi connectivity index (χ2v) is 4.33. The summed E-state index contributed by atoms with van der Waals surface area (Å²) in [6.07, 6.45) is 1.20. The maximum absolute atomic E-state index is 11.4. The molecule has 22 heavy (non-hydrogen) atoms. The minimum absolute atomic E-state index is 0.00520. The first-order chi connectivity index (χ1) is 10.4. The van der Waals surface area contributed by atoms with E-state index in [9.17, 15) is 19.5 Å². The number of hydrogen-bond donors (Lipinski definition) is 3. The lowest BCUT2D eigenvalue weighted by Crippen LogP contribution is -2.16. The minimum atomic E-state index is -1.38. The van der Waals surface area contributed by atoms with Gasteiger partial charge < -0.3 is 20.1 Å². The summed E-state index contributed by atoms with van der Waals surface area (Å²) in [5.41, 5.74) is 0.0368. The molecule has 118 valence electrons. The molecule has 0 aliphatic rings. The number of carboxylic acid groups (broad SMARTS) is 2. The van der Waals surface area contributed by atoms with Crippen LogP contribution in [0.1, 0.15) is 31.8 Å². The summed E-state index contributed by atoms with van der Waals surface area (Å²) in [7, 11) is 0. The molecule has 1 aromatic carbocycles. The molecule has 1 aromatic rings. The van der Waals surface area contributed by atoms with E-state index in [0.717, 1.165) is 6.08 Å². The molecule has 7 heteroatoms. The number of benzene rings is 1. The van der Waals surface area contributed by atoms with Gasteiger partial charge in [-0.2, -0.15) is 0 Å². The molecule has 3 N–H and O–H groups in total. The molecule has 0 unspecified atom stereocenters. The number of carbonyl (C=O) groups is 3. The second kappa shape index (κ2) is 7.94. The quantitative estimate of drug-likeness (QED) is 0.481. The van der Waals surface area contributed by atoms with Crippen LogP contribution in [0.25, 0.3) is 0 Å². The molecular weight excluding hydrogens is 292 g/mol. The second-order valence-electron chi connectivity index (χ2n) is 4.33. The number of ether oxygens (including phenoxy) is 1. The van der Waals surface area contributed by atoms with Crippen molar-refractivity contribution in [3.63, 3.8) is 0 Å². The SMILES string of the molecule is C=CC(=O)OCCc1ccc(C(=O)O)c(C(=O)O)c1CCO. The van der Waals surface area contributed by atoms with E-state index in [1.165, 1.54) is 12.1 Å². The Kier molecular flexibility index (Phi) is 6.27. The van der Waals surface area contributed by atoms with E-state index in [1.807, 2.05) is 0 Å². The van der Waals surface area contributed by atoms with Crippen molar-refractivity contribution < 1.29 is 34.4 Å². The van der Waals surface area contributed by atoms with E-state index < -0.39 is 17.9 Å². The van der Waals surface area contributed by atoms with E-state index >= 15 is 0 Å². The summed E-state index contributed by atoms with van der Waals surface area (Å²) in [5, 5.41) is 27.4. The van der Waals surface area contributed by atoms with Crippen LogP contribution in [0.2, 0.25) is 0 Å². The molecule has 0 aliphatic carbocycles. The number of aromatic carboxylic acids is 2. The molecule has 0 radical (unpaired) electrons. The van der Waals surface area contributed by atoms with Crippen LogP contribution in [0.4, 0.5) is 0 Å². The Morgan fingerprint density at radius 2 is 1.82 bits per heavy atom. The number of carboxylic acids is 2. The van der Waals surface area contributed by atoms with E-state index in [1.54, 1.807) is 0 Å². The third kappa shape index (κ3) is 4.16. The number of hydrogen-bond acceptors (Lipinski definition) is 5. The zero-order valence-corrected chi connectivity index (χ0v) is 11.7. The minimum Gasteiger partial charge on any atom is -0.478 e. The summed E-state index contributed by atoms with van der Waals surface area (Å²) in [6.45, 7) is 2.92. The first-order valence-electron chi connectivity index (χ1n) is 6.43. The van der Waals surface area contributed by atoms with Crippen LogP contribution in [0.15, 0.2) is 24.8 Å². The molecule has 0 atom stereocenters. The fourth-order valence-corrected chi connectivity index (χ4v) is 2.07. The van der Waals surface area contributed by atoms with Crippen molar-refractivity contribution in [3.8, 4) is 0 Å². The maximum Gasteiger partial charge on any atom is 0.336 e. The van der Waals surface area contributed by atoms with Gasteiger partial charge in [-0.05, 0) is 23.6 Å². The monoisotopic (exact) mass is 308 g/mol. The molecule has 7 nitrogen and oxygen atoms in total. The number of rotatable bonds is 8. The third-order valence-electron chi connectivity index (χ3n) is 3.00. The molecule has 0 aromatic heterocycles. The Balaban J connectivity index is 3.19. The van der Waals surface area contributed by atoms with E-state index in [-0.39, 0.29) is 42.7 Å². The Hall–Kier alpha value is -2.67. The van der Waals surface area contributed by atoms with Crippen LogP contribution < -0.4 is 0 Å². The predicted molar refractivity (Wildman–Crippen MR) is 76.0 cm³/mol. The van der Waals surface area contributed by atoms with E-state index in [2.05, 4.69) is 6.58 Å². The Morgan fingerprint density at radius 1 is 1.14 bits per heavy atom. The van der Waals surface area contributed by atoms with Crippen molar-refractivity contribution in [3.05, 3.63) is 47.0 Å². The van der Waals surface area contributed by atoms with Crippen molar-refractivity contribution in [1.29, 1.82) is 0 Å². The fraction of sp³-hybridized carbons (Fsp3) is 0.267. The first-order valence-corrected chi connectivity index (χ1v) is 6.43. The molecule has 0 saturated carbocycles. The van der Waals surface area contributed by atoms with Gasteiger partial charge in [0.1, 0.15) is 0 Å². The summed E-state index contributed by atoms with van der Waals surface area (Å²) >= 11 is 0. The van der Waals surface area contributed by atoms with E-state index in [4.69, 9.17) is 14.9 Å². The normalized spacial score (nSPS) is 10.0. The molecule has 0 amide bonds. The average molecular weight is 308 g/mol. The molecule has 0 saturated heterocycles. The first kappa shape index (κ1) is 17.4. The van der Waals surface area contributed by atoms with Gasteiger partial charge >= 0.3 is 17.9 Å². The number of carbonyl (C=O) groups excluding carboxylic acids is 1. The lowest BCUT2D eigenvalue weighted by atomic mass is 9.92. The lowest BCUT2D eigenvalue weighted by Gasteiger charge is -2.14. The van der Waals surface area contributed by atoms with Gasteiger partial charge in [0.2, 0.25) is 0 Å². The highest BCUT2D eigenvalue weighted by Crippen LogP contribution is 2.21. The topological polar surface area (TPSA) is 121 Å². The highest BCUT2D eigenvalue weighted by Gasteiger charge is 2.22. The Labute approximate surface area is 126 Å². The van der Waals surface area contributed by atoms with Crippen LogP contribution in [0.3, 0.4) is 0 Å². The smallest absolute Gasteiger partial charge is 0.336 e. The van der Waals surface area contributed by atoms with Gasteiger partial charge in [0.25, 0.3) is 0 Å². The molecule has 1 rings (SSSR count). The van der Waals surface area contributed by atoms with Crippen LogP contribution in [0, 0.1) is 0 Å². The summed E-state index contributed by atoms with van der Waals surface area (Å²) in [4.78, 5) is 33.5. The van der Waals surface area contributed by atoms with Crippen LogP contribution in [0.5, 0.6) is 0 Å². The summed E-state index contributed by atoms with van der Waals surface area (Å²) in [6, 6.07) is 2.65. The number of esters is 1.